The van der Waals surface area contributed by atoms with Crippen LogP contribution in [0.4, 0.5) is 5.69 Å². The summed E-state index contributed by atoms with van der Waals surface area (Å²) in [6.07, 6.45) is 1.75. The van der Waals surface area contributed by atoms with Crippen molar-refractivity contribution < 1.29 is 9.47 Å². The summed E-state index contributed by atoms with van der Waals surface area (Å²) >= 11 is 5.76. The maximum Gasteiger partial charge on any atom is 0.188 e. The molecule has 2 aliphatic heterocycles. The normalized spacial score (nSPS) is 23.7. The number of hydrogen-bond acceptors (Lipinski definition) is 3. The molecular weight excluding hydrogens is 344 g/mol. The summed E-state index contributed by atoms with van der Waals surface area (Å²) in [6, 6.07) is 14.6. The minimum Gasteiger partial charge on any atom is -0.490 e. The van der Waals surface area contributed by atoms with Gasteiger partial charge in [0.1, 0.15) is 0 Å². The molecule has 2 atom stereocenters. The van der Waals surface area contributed by atoms with Crippen LogP contribution in [0.1, 0.15) is 44.4 Å². The van der Waals surface area contributed by atoms with Crippen LogP contribution < -0.4 is 19.7 Å². The number of rotatable bonds is 4. The number of ether oxygens (including phenoxy) is 2. The number of aryl methyl sites for hydroxylation is 1. The molecular formula is C21H24N2O2S. The van der Waals surface area contributed by atoms with Crippen molar-refractivity contribution in [1.29, 1.82) is 0 Å². The van der Waals surface area contributed by atoms with Crippen molar-refractivity contribution in [2.75, 3.05) is 11.5 Å². The minimum atomic E-state index is -0.557. The van der Waals surface area contributed by atoms with Gasteiger partial charge in [-0.25, -0.2) is 0 Å². The van der Waals surface area contributed by atoms with Gasteiger partial charge >= 0.3 is 0 Å². The predicted octanol–water partition coefficient (Wildman–Crippen LogP) is 4.58. The summed E-state index contributed by atoms with van der Waals surface area (Å²) in [7, 11) is 0. The van der Waals surface area contributed by atoms with E-state index < -0.39 is 5.72 Å². The van der Waals surface area contributed by atoms with Gasteiger partial charge in [-0.05, 0) is 50.2 Å². The first-order chi connectivity index (χ1) is 12.6. The summed E-state index contributed by atoms with van der Waals surface area (Å²) in [6.45, 7) is 6.87. The second kappa shape index (κ2) is 6.47. The molecule has 1 fully saturated rings. The monoisotopic (exact) mass is 368 g/mol. The lowest BCUT2D eigenvalue weighted by molar-refractivity contribution is 0.0456. The molecule has 0 unspecified atom stereocenters. The van der Waals surface area contributed by atoms with Crippen LogP contribution in [0.25, 0.3) is 0 Å². The Morgan fingerprint density at radius 3 is 2.81 bits per heavy atom. The Morgan fingerprint density at radius 2 is 2.04 bits per heavy atom. The highest BCUT2D eigenvalue weighted by atomic mass is 32.1. The maximum atomic E-state index is 6.58. The van der Waals surface area contributed by atoms with Crippen molar-refractivity contribution in [1.82, 2.24) is 5.32 Å². The summed E-state index contributed by atoms with van der Waals surface area (Å²) in [5, 5.41) is 4.23. The minimum absolute atomic E-state index is 0.127. The predicted molar refractivity (Wildman–Crippen MR) is 108 cm³/mol. The van der Waals surface area contributed by atoms with E-state index >= 15 is 0 Å². The summed E-state index contributed by atoms with van der Waals surface area (Å²) in [4.78, 5) is 2.13. The lowest BCUT2D eigenvalue weighted by Crippen LogP contribution is -2.65. The van der Waals surface area contributed by atoms with E-state index in [-0.39, 0.29) is 6.04 Å². The van der Waals surface area contributed by atoms with Gasteiger partial charge in [0, 0.05) is 12.0 Å². The Balaban J connectivity index is 1.82. The fourth-order valence-electron chi connectivity index (χ4n) is 4.02. The molecule has 0 amide bonds. The van der Waals surface area contributed by atoms with Crippen LogP contribution in [0.5, 0.6) is 11.5 Å². The average molecular weight is 369 g/mol. The number of benzene rings is 2. The van der Waals surface area contributed by atoms with E-state index in [0.717, 1.165) is 35.6 Å². The van der Waals surface area contributed by atoms with Crippen molar-refractivity contribution in [2.24, 2.45) is 0 Å². The second-order valence-corrected chi connectivity index (χ2v) is 7.30. The van der Waals surface area contributed by atoms with Crippen LogP contribution in [-0.2, 0) is 6.42 Å². The van der Waals surface area contributed by atoms with Gasteiger partial charge in [-0.1, -0.05) is 37.3 Å². The first kappa shape index (κ1) is 17.2. The number of nitrogens with one attached hydrogen (secondary N) is 1. The topological polar surface area (TPSA) is 33.7 Å². The number of thiocarbonyl (C=S) groups is 1. The molecule has 5 heteroatoms. The molecule has 0 radical (unpaired) electrons. The summed E-state index contributed by atoms with van der Waals surface area (Å²) < 4.78 is 12.4. The van der Waals surface area contributed by atoms with E-state index in [9.17, 15) is 0 Å². The summed E-state index contributed by atoms with van der Waals surface area (Å²) in [5.74, 6) is 1.61. The van der Waals surface area contributed by atoms with Crippen molar-refractivity contribution in [3.63, 3.8) is 0 Å². The van der Waals surface area contributed by atoms with Gasteiger partial charge in [0.05, 0.1) is 18.3 Å². The molecule has 26 heavy (non-hydrogen) atoms. The fraction of sp³-hybridized carbons (Fsp3) is 0.381. The molecule has 0 aromatic heterocycles. The molecule has 0 aliphatic carbocycles. The zero-order valence-corrected chi connectivity index (χ0v) is 16.2. The number of nitrogens with zero attached hydrogens (tertiary/aromatic N) is 1. The molecule has 136 valence electrons. The van der Waals surface area contributed by atoms with Crippen molar-refractivity contribution in [3.8, 4) is 11.5 Å². The van der Waals surface area contributed by atoms with Crippen LogP contribution >= 0.6 is 12.2 Å². The van der Waals surface area contributed by atoms with Crippen LogP contribution in [-0.4, -0.2) is 17.4 Å². The third-order valence-electron chi connectivity index (χ3n) is 5.18. The largest absolute Gasteiger partial charge is 0.490 e. The van der Waals surface area contributed by atoms with E-state index in [1.54, 1.807) is 0 Å². The van der Waals surface area contributed by atoms with Crippen molar-refractivity contribution >= 4 is 23.0 Å². The van der Waals surface area contributed by atoms with Crippen LogP contribution in [0.3, 0.4) is 0 Å². The molecule has 0 spiro atoms. The zero-order chi connectivity index (χ0) is 18.3. The fourth-order valence-corrected chi connectivity index (χ4v) is 4.46. The quantitative estimate of drug-likeness (QED) is 0.799. The molecule has 4 nitrogen and oxygen atoms in total. The third-order valence-corrected chi connectivity index (χ3v) is 5.48. The lowest BCUT2D eigenvalue weighted by Gasteiger charge is -2.52. The van der Waals surface area contributed by atoms with Gasteiger partial charge in [0.15, 0.2) is 22.3 Å². The highest BCUT2D eigenvalue weighted by Crippen LogP contribution is 2.49. The zero-order valence-electron chi connectivity index (χ0n) is 15.4. The Kier molecular flexibility index (Phi) is 4.27. The molecule has 2 aliphatic rings. The summed E-state index contributed by atoms with van der Waals surface area (Å²) in [5.41, 5.74) is 2.91. The van der Waals surface area contributed by atoms with Crippen LogP contribution in [0.15, 0.2) is 42.5 Å². The third kappa shape index (κ3) is 2.62. The Hall–Kier alpha value is -2.27. The molecule has 2 bridgehead atoms. The van der Waals surface area contributed by atoms with Gasteiger partial charge in [0.2, 0.25) is 0 Å². The van der Waals surface area contributed by atoms with Gasteiger partial charge in [-0.15, -0.1) is 0 Å². The average Bonchev–Trinajstić information content (AvgIpc) is 2.62. The molecule has 0 saturated carbocycles. The van der Waals surface area contributed by atoms with E-state index in [1.807, 2.05) is 19.1 Å². The van der Waals surface area contributed by atoms with Gasteiger partial charge in [-0.2, -0.15) is 0 Å². The number of fused-ring (bicyclic) bond motifs is 4. The SMILES string of the molecule is CCOc1cccc2c1O[C@@]1(C)C[C@H]2NC(=S)N1c1ccccc1CC. The first-order valence-electron chi connectivity index (χ1n) is 9.20. The van der Waals surface area contributed by atoms with Crippen molar-refractivity contribution in [2.45, 2.75) is 45.4 Å². The highest BCUT2D eigenvalue weighted by molar-refractivity contribution is 7.80. The number of anilines is 1. The lowest BCUT2D eigenvalue weighted by atomic mass is 9.89. The molecule has 4 rings (SSSR count). The van der Waals surface area contributed by atoms with Crippen LogP contribution in [0.2, 0.25) is 0 Å². The Labute approximate surface area is 160 Å². The highest BCUT2D eigenvalue weighted by Gasteiger charge is 2.49. The van der Waals surface area contributed by atoms with Gasteiger partial charge in [0.25, 0.3) is 0 Å². The van der Waals surface area contributed by atoms with Gasteiger partial charge in [-0.3, -0.25) is 4.90 Å². The first-order valence-corrected chi connectivity index (χ1v) is 9.61. The van der Waals surface area contributed by atoms with E-state index in [0.29, 0.717) is 11.7 Å². The van der Waals surface area contributed by atoms with Crippen molar-refractivity contribution in [3.05, 3.63) is 53.6 Å². The van der Waals surface area contributed by atoms with Gasteiger partial charge < -0.3 is 14.8 Å². The number of hydrogen-bond donors (Lipinski definition) is 1. The molecule has 2 heterocycles. The maximum absolute atomic E-state index is 6.58. The smallest absolute Gasteiger partial charge is 0.188 e. The molecule has 2 aromatic carbocycles. The van der Waals surface area contributed by atoms with Crippen LogP contribution in [0, 0.1) is 0 Å². The second-order valence-electron chi connectivity index (χ2n) is 6.91. The molecule has 1 saturated heterocycles. The number of para-hydroxylation sites is 2. The molecule has 2 aromatic rings. The van der Waals surface area contributed by atoms with E-state index in [1.165, 1.54) is 5.56 Å². The Morgan fingerprint density at radius 1 is 1.23 bits per heavy atom. The van der Waals surface area contributed by atoms with E-state index in [4.69, 9.17) is 21.7 Å². The molecule has 1 N–H and O–H groups in total. The van der Waals surface area contributed by atoms with E-state index in [2.05, 4.69) is 54.4 Å². The standard InChI is InChI=1S/C21H24N2O2S/c1-4-14-9-6-7-11-17(14)23-20(26)22-16-13-21(23,3)25-19-15(16)10-8-12-18(19)24-5-2/h6-12,16H,4-5,13H2,1-3H3,(H,22,26)/t16-,21+/m1/s1. The Bertz CT molecular complexity index is 854.